The van der Waals surface area contributed by atoms with E-state index in [-0.39, 0.29) is 36.2 Å². The lowest BCUT2D eigenvalue weighted by Crippen LogP contribution is -2.38. The topological polar surface area (TPSA) is 91.1 Å². The van der Waals surface area contributed by atoms with Gasteiger partial charge < -0.3 is 5.73 Å². The number of aromatic nitrogens is 5. The zero-order valence-electron chi connectivity index (χ0n) is 16.1. The van der Waals surface area contributed by atoms with E-state index in [9.17, 15) is 22.4 Å². The molecule has 2 unspecified atom stereocenters. The number of carbonyl (C=O) groups excluding carboxylic acids is 1. The number of aryl methyl sites for hydroxylation is 1. The summed E-state index contributed by atoms with van der Waals surface area (Å²) in [4.78, 5) is 17.2. The van der Waals surface area contributed by atoms with Gasteiger partial charge in [0, 0.05) is 36.7 Å². The third-order valence-corrected chi connectivity index (χ3v) is 5.26. The number of hydrogen-bond acceptors (Lipinski definition) is 5. The first-order chi connectivity index (χ1) is 14.1. The number of Topliss-reactive ketones (excluding diaryl/α,β-unsaturated/α-hetero) is 1. The van der Waals surface area contributed by atoms with Crippen LogP contribution in [-0.2, 0) is 6.42 Å². The Morgan fingerprint density at radius 3 is 2.83 bits per heavy atom. The molecule has 3 heterocycles. The van der Waals surface area contributed by atoms with Gasteiger partial charge in [-0.2, -0.15) is 19.0 Å². The smallest absolute Gasteiger partial charge is 0.327 e. The van der Waals surface area contributed by atoms with E-state index in [0.29, 0.717) is 22.5 Å². The quantitative estimate of drug-likeness (QED) is 0.501. The first-order valence-electron chi connectivity index (χ1n) is 9.47. The molecule has 30 heavy (non-hydrogen) atoms. The van der Waals surface area contributed by atoms with Gasteiger partial charge in [-0.25, -0.2) is 23.0 Å². The highest BCUT2D eigenvalue weighted by atomic mass is 19.3. The van der Waals surface area contributed by atoms with Crippen LogP contribution in [0.15, 0.2) is 24.5 Å². The third kappa shape index (κ3) is 3.93. The molecule has 7 nitrogen and oxygen atoms in total. The van der Waals surface area contributed by atoms with Crippen molar-refractivity contribution in [3.63, 3.8) is 0 Å². The Morgan fingerprint density at radius 1 is 1.37 bits per heavy atom. The lowest BCUT2D eigenvalue weighted by atomic mass is 9.81. The molecule has 0 aliphatic heterocycles. The Hall–Kier alpha value is -2.82. The molecule has 0 saturated heterocycles. The summed E-state index contributed by atoms with van der Waals surface area (Å²) < 4.78 is 56.0. The second-order valence-electron chi connectivity index (χ2n) is 7.73. The van der Waals surface area contributed by atoms with Gasteiger partial charge in [0.15, 0.2) is 11.4 Å². The summed E-state index contributed by atoms with van der Waals surface area (Å²) in [5, 5.41) is 7.76. The van der Waals surface area contributed by atoms with Crippen LogP contribution in [0.2, 0.25) is 0 Å². The Kier molecular flexibility index (Phi) is 5.08. The van der Waals surface area contributed by atoms with Crippen LogP contribution in [0, 0.1) is 6.92 Å². The molecule has 1 aliphatic rings. The molecule has 160 valence electrons. The molecule has 0 amide bonds. The van der Waals surface area contributed by atoms with Gasteiger partial charge in [-0.15, -0.1) is 0 Å². The van der Waals surface area contributed by atoms with E-state index in [2.05, 4.69) is 15.2 Å². The van der Waals surface area contributed by atoms with E-state index >= 15 is 0 Å². The van der Waals surface area contributed by atoms with Gasteiger partial charge in [0.25, 0.3) is 0 Å². The highest BCUT2D eigenvalue weighted by Crippen LogP contribution is 2.40. The second-order valence-corrected chi connectivity index (χ2v) is 7.73. The molecule has 0 bridgehead atoms. The van der Waals surface area contributed by atoms with Crippen LogP contribution in [0.25, 0.3) is 5.65 Å². The van der Waals surface area contributed by atoms with Gasteiger partial charge in [0.05, 0.1) is 29.6 Å². The SMILES string of the molecule is Cc1cc(CC(=O)c2cnn3ccc(C4CC(N)CC(F)(F)C4)nc23)n(C(F)F)n1. The number of carbonyl (C=O) groups is 1. The Balaban J connectivity index is 1.64. The molecule has 3 aromatic heterocycles. The molecule has 0 radical (unpaired) electrons. The summed E-state index contributed by atoms with van der Waals surface area (Å²) in [5.74, 6) is -3.89. The number of alkyl halides is 4. The van der Waals surface area contributed by atoms with Crippen molar-refractivity contribution in [2.24, 2.45) is 5.73 Å². The number of halogens is 4. The Labute approximate surface area is 168 Å². The van der Waals surface area contributed by atoms with Crippen LogP contribution in [0.3, 0.4) is 0 Å². The lowest BCUT2D eigenvalue weighted by Gasteiger charge is -2.32. The molecule has 0 spiro atoms. The molecule has 2 atom stereocenters. The Morgan fingerprint density at radius 2 is 2.13 bits per heavy atom. The van der Waals surface area contributed by atoms with Crippen LogP contribution < -0.4 is 5.73 Å². The van der Waals surface area contributed by atoms with Crippen LogP contribution in [0.5, 0.6) is 0 Å². The van der Waals surface area contributed by atoms with Crippen molar-refractivity contribution in [3.05, 3.63) is 47.2 Å². The van der Waals surface area contributed by atoms with Gasteiger partial charge in [-0.3, -0.25) is 4.79 Å². The largest absolute Gasteiger partial charge is 0.333 e. The molecule has 11 heteroatoms. The summed E-state index contributed by atoms with van der Waals surface area (Å²) in [6, 6.07) is 2.36. The molecule has 0 aromatic carbocycles. The second kappa shape index (κ2) is 7.46. The first kappa shape index (κ1) is 20.5. The fourth-order valence-electron chi connectivity index (χ4n) is 4.02. The average molecular weight is 424 g/mol. The van der Waals surface area contributed by atoms with Crippen molar-refractivity contribution in [2.75, 3.05) is 0 Å². The van der Waals surface area contributed by atoms with Crippen molar-refractivity contribution in [1.29, 1.82) is 0 Å². The van der Waals surface area contributed by atoms with Gasteiger partial charge in [-0.05, 0) is 25.5 Å². The summed E-state index contributed by atoms with van der Waals surface area (Å²) >= 11 is 0. The zero-order valence-corrected chi connectivity index (χ0v) is 16.1. The predicted molar refractivity (Wildman–Crippen MR) is 98.8 cm³/mol. The maximum absolute atomic E-state index is 14.0. The van der Waals surface area contributed by atoms with E-state index in [1.807, 2.05) is 0 Å². The number of hydrogen-bond donors (Lipinski definition) is 1. The van der Waals surface area contributed by atoms with Gasteiger partial charge >= 0.3 is 6.55 Å². The maximum Gasteiger partial charge on any atom is 0.333 e. The number of rotatable bonds is 5. The molecule has 1 fully saturated rings. The number of fused-ring (bicyclic) bond motifs is 1. The van der Waals surface area contributed by atoms with Crippen molar-refractivity contribution < 1.29 is 22.4 Å². The summed E-state index contributed by atoms with van der Waals surface area (Å²) in [6.07, 6.45) is 2.16. The highest BCUT2D eigenvalue weighted by molar-refractivity contribution is 6.02. The van der Waals surface area contributed by atoms with E-state index in [1.54, 1.807) is 19.2 Å². The summed E-state index contributed by atoms with van der Waals surface area (Å²) in [6.45, 7) is -1.31. The van der Waals surface area contributed by atoms with Crippen LogP contribution in [0.1, 0.15) is 59.2 Å². The third-order valence-electron chi connectivity index (χ3n) is 5.26. The van der Waals surface area contributed by atoms with Crippen molar-refractivity contribution in [1.82, 2.24) is 24.4 Å². The van der Waals surface area contributed by atoms with E-state index < -0.39 is 30.2 Å². The normalized spacial score (nSPS) is 21.4. The Bertz CT molecular complexity index is 1090. The zero-order chi connectivity index (χ0) is 21.6. The molecule has 1 aliphatic carbocycles. The van der Waals surface area contributed by atoms with E-state index in [0.717, 1.165) is 0 Å². The molecule has 1 saturated carbocycles. The minimum absolute atomic E-state index is 0.0703. The van der Waals surface area contributed by atoms with Gasteiger partial charge in [0.2, 0.25) is 5.92 Å². The van der Waals surface area contributed by atoms with Gasteiger partial charge in [-0.1, -0.05) is 0 Å². The monoisotopic (exact) mass is 424 g/mol. The molecule has 2 N–H and O–H groups in total. The molecular formula is C19H20F4N6O. The van der Waals surface area contributed by atoms with Crippen molar-refractivity contribution >= 4 is 11.4 Å². The predicted octanol–water partition coefficient (Wildman–Crippen LogP) is 3.28. The first-order valence-corrected chi connectivity index (χ1v) is 9.47. The highest BCUT2D eigenvalue weighted by Gasteiger charge is 2.41. The van der Waals surface area contributed by atoms with Crippen molar-refractivity contribution in [3.8, 4) is 0 Å². The van der Waals surface area contributed by atoms with Crippen LogP contribution in [0.4, 0.5) is 17.6 Å². The average Bonchev–Trinajstić information content (AvgIpc) is 3.22. The minimum atomic E-state index is -2.87. The molecule has 3 aromatic rings. The fourth-order valence-corrected chi connectivity index (χ4v) is 4.02. The van der Waals surface area contributed by atoms with Crippen LogP contribution >= 0.6 is 0 Å². The maximum atomic E-state index is 14.0. The summed E-state index contributed by atoms with van der Waals surface area (Å²) in [5.41, 5.74) is 6.95. The molecule has 4 rings (SSSR count). The number of nitrogens with two attached hydrogens (primary N) is 1. The van der Waals surface area contributed by atoms with Gasteiger partial charge in [0.1, 0.15) is 0 Å². The standard InChI is InChI=1S/C19H20F4N6O/c1-10-4-13(29(27-10)18(20)21)6-16(30)14-9-25-28-3-2-15(26-17(14)28)11-5-12(24)8-19(22,23)7-11/h2-4,9,11-12,18H,5-8,24H2,1H3. The number of ketones is 1. The van der Waals surface area contributed by atoms with E-state index in [1.165, 1.54) is 16.8 Å². The molecular weight excluding hydrogens is 404 g/mol. The summed E-state index contributed by atoms with van der Waals surface area (Å²) in [7, 11) is 0. The van der Waals surface area contributed by atoms with Crippen LogP contribution in [-0.4, -0.2) is 42.1 Å². The number of nitrogens with zero attached hydrogens (tertiary/aromatic N) is 5. The van der Waals surface area contributed by atoms with E-state index in [4.69, 9.17) is 5.73 Å². The minimum Gasteiger partial charge on any atom is -0.327 e. The van der Waals surface area contributed by atoms with Crippen molar-refractivity contribution in [2.45, 2.75) is 57.0 Å². The lowest BCUT2D eigenvalue weighted by molar-refractivity contribution is -0.0472. The fraction of sp³-hybridized carbons (Fsp3) is 0.474.